The highest BCUT2D eigenvalue weighted by Crippen LogP contribution is 2.32. The topological polar surface area (TPSA) is 92.1 Å². The second-order valence-electron chi connectivity index (χ2n) is 10.1. The summed E-state index contributed by atoms with van der Waals surface area (Å²) in [4.78, 5) is 22.5. The third-order valence-corrected chi connectivity index (χ3v) is 7.43. The van der Waals surface area contributed by atoms with Crippen LogP contribution in [0.2, 0.25) is 0 Å². The van der Waals surface area contributed by atoms with Gasteiger partial charge in [-0.2, -0.15) is 0 Å². The SMILES string of the molecule is COC(=O)c1ccc2c(C(=Nc3ccc(Cn4cccc4CN4CCOCC4)cc3)c3ccccc3)c(O)[nH]c2c1. The van der Waals surface area contributed by atoms with Gasteiger partial charge in [-0.25, -0.2) is 9.79 Å². The van der Waals surface area contributed by atoms with Crippen molar-refractivity contribution in [2.45, 2.75) is 13.1 Å². The zero-order chi connectivity index (χ0) is 28.2. The molecule has 3 aromatic carbocycles. The number of nitrogens with one attached hydrogen (secondary N) is 1. The van der Waals surface area contributed by atoms with E-state index >= 15 is 0 Å². The molecule has 5 aromatic rings. The number of carbonyl (C=O) groups is 1. The Morgan fingerprint density at radius 2 is 1.73 bits per heavy atom. The number of carbonyl (C=O) groups excluding carboxylic acids is 1. The van der Waals surface area contributed by atoms with E-state index in [-0.39, 0.29) is 5.88 Å². The van der Waals surface area contributed by atoms with Crippen LogP contribution in [0.1, 0.15) is 32.7 Å². The number of H-pyrrole nitrogens is 1. The van der Waals surface area contributed by atoms with Gasteiger partial charge in [-0.15, -0.1) is 0 Å². The van der Waals surface area contributed by atoms with E-state index in [2.05, 4.69) is 44.9 Å². The first kappa shape index (κ1) is 26.6. The molecule has 1 fully saturated rings. The van der Waals surface area contributed by atoms with E-state index in [4.69, 9.17) is 14.5 Å². The Labute approximate surface area is 238 Å². The summed E-state index contributed by atoms with van der Waals surface area (Å²) in [5, 5.41) is 11.8. The number of esters is 1. The van der Waals surface area contributed by atoms with Crippen molar-refractivity contribution in [3.63, 3.8) is 0 Å². The highest BCUT2D eigenvalue weighted by Gasteiger charge is 2.20. The van der Waals surface area contributed by atoms with Gasteiger partial charge in [0.15, 0.2) is 5.88 Å². The van der Waals surface area contributed by atoms with Crippen molar-refractivity contribution < 1.29 is 19.4 Å². The van der Waals surface area contributed by atoms with Gasteiger partial charge in [0.2, 0.25) is 0 Å². The zero-order valence-electron chi connectivity index (χ0n) is 22.9. The lowest BCUT2D eigenvalue weighted by Gasteiger charge is -2.27. The molecule has 2 aromatic heterocycles. The van der Waals surface area contributed by atoms with Crippen LogP contribution in [0.5, 0.6) is 5.88 Å². The van der Waals surface area contributed by atoms with Crippen molar-refractivity contribution in [1.82, 2.24) is 14.5 Å². The van der Waals surface area contributed by atoms with Gasteiger partial charge in [0.1, 0.15) is 0 Å². The van der Waals surface area contributed by atoms with Crippen LogP contribution in [-0.2, 0) is 22.6 Å². The Kier molecular flexibility index (Phi) is 7.67. The number of morpholine rings is 1. The van der Waals surface area contributed by atoms with Crippen molar-refractivity contribution in [1.29, 1.82) is 0 Å². The molecule has 8 heteroatoms. The quantitative estimate of drug-likeness (QED) is 0.197. The van der Waals surface area contributed by atoms with Crippen molar-refractivity contribution in [3.05, 3.63) is 119 Å². The van der Waals surface area contributed by atoms with Gasteiger partial charge in [0, 0.05) is 54.5 Å². The van der Waals surface area contributed by atoms with Crippen molar-refractivity contribution in [2.75, 3.05) is 33.4 Å². The number of aromatic hydroxyl groups is 1. The number of benzene rings is 3. The number of methoxy groups -OCH3 is 1. The summed E-state index contributed by atoms with van der Waals surface area (Å²) in [5.41, 5.74) is 6.33. The predicted molar refractivity (Wildman–Crippen MR) is 159 cm³/mol. The molecule has 0 saturated carbocycles. The minimum absolute atomic E-state index is 0.0124. The summed E-state index contributed by atoms with van der Waals surface area (Å²) in [6.45, 7) is 5.18. The maximum absolute atomic E-state index is 12.1. The summed E-state index contributed by atoms with van der Waals surface area (Å²) >= 11 is 0. The van der Waals surface area contributed by atoms with Crippen LogP contribution in [0.3, 0.4) is 0 Å². The molecule has 1 aliphatic rings. The molecule has 0 radical (unpaired) electrons. The Morgan fingerprint density at radius 3 is 2.49 bits per heavy atom. The fourth-order valence-corrected chi connectivity index (χ4v) is 5.27. The Bertz CT molecular complexity index is 1680. The van der Waals surface area contributed by atoms with E-state index in [1.54, 1.807) is 18.2 Å². The predicted octanol–water partition coefficient (Wildman–Crippen LogP) is 5.51. The Balaban J connectivity index is 1.30. The minimum atomic E-state index is -0.437. The fourth-order valence-electron chi connectivity index (χ4n) is 5.27. The molecule has 0 bridgehead atoms. The van der Waals surface area contributed by atoms with Gasteiger partial charge in [-0.1, -0.05) is 48.5 Å². The highest BCUT2D eigenvalue weighted by molar-refractivity contribution is 6.22. The monoisotopic (exact) mass is 548 g/mol. The summed E-state index contributed by atoms with van der Waals surface area (Å²) in [7, 11) is 1.35. The number of nitrogens with zero attached hydrogens (tertiary/aromatic N) is 3. The largest absolute Gasteiger partial charge is 0.494 e. The summed E-state index contributed by atoms with van der Waals surface area (Å²) in [5.74, 6) is -0.450. The van der Waals surface area contributed by atoms with E-state index in [0.29, 0.717) is 22.4 Å². The minimum Gasteiger partial charge on any atom is -0.494 e. The van der Waals surface area contributed by atoms with Gasteiger partial charge >= 0.3 is 5.97 Å². The molecule has 208 valence electrons. The van der Waals surface area contributed by atoms with Crippen LogP contribution >= 0.6 is 0 Å². The molecular formula is C33H32N4O4. The summed E-state index contributed by atoms with van der Waals surface area (Å²) < 4.78 is 12.6. The second kappa shape index (κ2) is 11.8. The number of aliphatic imine (C=N–C) groups is 1. The van der Waals surface area contributed by atoms with Crippen LogP contribution in [0, 0.1) is 0 Å². The average Bonchev–Trinajstić information content (AvgIpc) is 3.59. The van der Waals surface area contributed by atoms with Gasteiger partial charge in [0.05, 0.1) is 42.8 Å². The van der Waals surface area contributed by atoms with Crippen LogP contribution in [0.25, 0.3) is 10.9 Å². The molecule has 1 aliphatic heterocycles. The molecule has 1 saturated heterocycles. The molecule has 0 unspecified atom stereocenters. The lowest BCUT2D eigenvalue weighted by molar-refractivity contribution is 0.0332. The van der Waals surface area contributed by atoms with Gasteiger partial charge in [-0.3, -0.25) is 4.90 Å². The smallest absolute Gasteiger partial charge is 0.337 e. The van der Waals surface area contributed by atoms with E-state index in [0.717, 1.165) is 56.0 Å². The van der Waals surface area contributed by atoms with Crippen LogP contribution in [0.15, 0.2) is 96.1 Å². The molecule has 0 amide bonds. The lowest BCUT2D eigenvalue weighted by atomic mass is 10.00. The van der Waals surface area contributed by atoms with Gasteiger partial charge in [-0.05, 0) is 42.0 Å². The van der Waals surface area contributed by atoms with Gasteiger partial charge in [0.25, 0.3) is 0 Å². The van der Waals surface area contributed by atoms with Crippen molar-refractivity contribution >= 4 is 28.3 Å². The molecule has 41 heavy (non-hydrogen) atoms. The second-order valence-corrected chi connectivity index (χ2v) is 10.1. The fraction of sp³-hybridized carbons (Fsp3) is 0.212. The maximum atomic E-state index is 12.1. The third-order valence-electron chi connectivity index (χ3n) is 7.43. The van der Waals surface area contributed by atoms with E-state index in [9.17, 15) is 9.90 Å². The average molecular weight is 549 g/mol. The zero-order valence-corrected chi connectivity index (χ0v) is 22.9. The highest BCUT2D eigenvalue weighted by atomic mass is 16.5. The van der Waals surface area contributed by atoms with E-state index < -0.39 is 5.97 Å². The van der Waals surface area contributed by atoms with Crippen LogP contribution in [0.4, 0.5) is 5.69 Å². The number of aromatic amines is 1. The molecule has 8 nitrogen and oxygen atoms in total. The first-order chi connectivity index (χ1) is 20.1. The standard InChI is InChI=1S/C33H32N4O4/c1-40-33(39)25-11-14-28-29(20-25)35-32(38)30(28)31(24-6-3-2-4-7-24)34-26-12-9-23(10-13-26)21-37-15-5-8-27(37)22-36-16-18-41-19-17-36/h2-15,20,35,38H,16-19,21-22H2,1H3. The number of rotatable bonds is 8. The van der Waals surface area contributed by atoms with Crippen molar-refractivity contribution in [2.24, 2.45) is 4.99 Å². The number of aromatic nitrogens is 2. The molecule has 0 spiro atoms. The van der Waals surface area contributed by atoms with E-state index in [1.165, 1.54) is 18.4 Å². The number of fused-ring (bicyclic) bond motifs is 1. The Morgan fingerprint density at radius 1 is 0.951 bits per heavy atom. The Hall–Kier alpha value is -4.66. The molecule has 0 atom stereocenters. The van der Waals surface area contributed by atoms with E-state index in [1.807, 2.05) is 42.5 Å². The first-order valence-electron chi connectivity index (χ1n) is 13.7. The summed E-state index contributed by atoms with van der Waals surface area (Å²) in [6.07, 6.45) is 2.13. The molecule has 2 N–H and O–H groups in total. The maximum Gasteiger partial charge on any atom is 0.337 e. The van der Waals surface area contributed by atoms with Crippen molar-refractivity contribution in [3.8, 4) is 5.88 Å². The number of ether oxygens (including phenoxy) is 2. The van der Waals surface area contributed by atoms with Crippen LogP contribution < -0.4 is 0 Å². The molecule has 0 aliphatic carbocycles. The molecule has 3 heterocycles. The third kappa shape index (κ3) is 5.79. The van der Waals surface area contributed by atoms with Gasteiger partial charge < -0.3 is 24.1 Å². The number of hydrogen-bond donors (Lipinski definition) is 2. The first-order valence-corrected chi connectivity index (χ1v) is 13.7. The normalized spacial score (nSPS) is 14.4. The summed E-state index contributed by atoms with van der Waals surface area (Å²) in [6, 6.07) is 27.4. The molecule has 6 rings (SSSR count). The molecular weight excluding hydrogens is 516 g/mol. The van der Waals surface area contributed by atoms with Crippen LogP contribution in [-0.4, -0.2) is 64.7 Å². The lowest BCUT2D eigenvalue weighted by Crippen LogP contribution is -2.36. The number of hydrogen-bond acceptors (Lipinski definition) is 6.